The number of hydrogen-bond acceptors (Lipinski definition) is 2. The van der Waals surface area contributed by atoms with E-state index in [9.17, 15) is 0 Å². The van der Waals surface area contributed by atoms with Crippen molar-refractivity contribution < 1.29 is 0 Å². The fourth-order valence-electron chi connectivity index (χ4n) is 1.61. The molecule has 1 rings (SSSR count). The van der Waals surface area contributed by atoms with Crippen LogP contribution in [0.25, 0.3) is 0 Å². The second-order valence-corrected chi connectivity index (χ2v) is 4.25. The first kappa shape index (κ1) is 12.8. The Morgan fingerprint density at radius 3 is 2.50 bits per heavy atom. The van der Waals surface area contributed by atoms with Gasteiger partial charge in [-0.3, -0.25) is 4.90 Å². The molecule has 1 atom stereocenters. The lowest BCUT2D eigenvalue weighted by Gasteiger charge is -2.14. The fraction of sp³-hybridized carbons (Fsp3) is 0.429. The smallest absolute Gasteiger partial charge is 0.0599 e. The van der Waals surface area contributed by atoms with Crippen LogP contribution in [0.2, 0.25) is 0 Å². The van der Waals surface area contributed by atoms with Gasteiger partial charge in [0.1, 0.15) is 0 Å². The zero-order valence-electron chi connectivity index (χ0n) is 10.1. The lowest BCUT2D eigenvalue weighted by Crippen LogP contribution is -2.17. The van der Waals surface area contributed by atoms with Crippen LogP contribution in [-0.2, 0) is 6.54 Å². The van der Waals surface area contributed by atoms with Gasteiger partial charge in [0.15, 0.2) is 0 Å². The normalized spacial score (nSPS) is 12.4. The molecule has 0 spiro atoms. The van der Waals surface area contributed by atoms with Gasteiger partial charge in [0.25, 0.3) is 0 Å². The van der Waals surface area contributed by atoms with Crippen LogP contribution < -0.4 is 5.73 Å². The summed E-state index contributed by atoms with van der Waals surface area (Å²) < 4.78 is 0. The standard InChI is InChI=1S/C14H20N2/c1-4-9-16(3)11-13-5-7-14(8-6-13)12(2)10-15/h1,5-8,12H,9-11,15H2,2-3H3. The van der Waals surface area contributed by atoms with Gasteiger partial charge in [0.2, 0.25) is 0 Å². The van der Waals surface area contributed by atoms with E-state index in [0.29, 0.717) is 19.0 Å². The van der Waals surface area contributed by atoms with Gasteiger partial charge in [-0.05, 0) is 30.6 Å². The Morgan fingerprint density at radius 2 is 2.00 bits per heavy atom. The Balaban J connectivity index is 2.61. The molecule has 0 heterocycles. The van der Waals surface area contributed by atoms with Crippen molar-refractivity contribution in [3.05, 3.63) is 35.4 Å². The molecule has 0 amide bonds. The molecule has 0 fully saturated rings. The molecule has 1 aromatic rings. The third-order valence-electron chi connectivity index (χ3n) is 2.72. The van der Waals surface area contributed by atoms with Crippen molar-refractivity contribution in [1.29, 1.82) is 0 Å². The van der Waals surface area contributed by atoms with Crippen molar-refractivity contribution >= 4 is 0 Å². The number of nitrogens with two attached hydrogens (primary N) is 1. The van der Waals surface area contributed by atoms with Crippen LogP contribution >= 0.6 is 0 Å². The van der Waals surface area contributed by atoms with Crippen LogP contribution in [0.5, 0.6) is 0 Å². The SMILES string of the molecule is C#CCN(C)Cc1ccc(C(C)CN)cc1. The van der Waals surface area contributed by atoms with Gasteiger partial charge in [0, 0.05) is 6.54 Å². The first-order valence-corrected chi connectivity index (χ1v) is 5.58. The first-order chi connectivity index (χ1) is 7.67. The van der Waals surface area contributed by atoms with E-state index < -0.39 is 0 Å². The zero-order valence-corrected chi connectivity index (χ0v) is 10.1. The minimum atomic E-state index is 0.428. The maximum Gasteiger partial charge on any atom is 0.0599 e. The average Bonchev–Trinajstić information content (AvgIpc) is 2.29. The van der Waals surface area contributed by atoms with Gasteiger partial charge in [-0.2, -0.15) is 0 Å². The number of hydrogen-bond donors (Lipinski definition) is 1. The topological polar surface area (TPSA) is 29.3 Å². The quantitative estimate of drug-likeness (QED) is 0.761. The van der Waals surface area contributed by atoms with Crippen molar-refractivity contribution in [2.75, 3.05) is 20.1 Å². The lowest BCUT2D eigenvalue weighted by molar-refractivity contribution is 0.369. The predicted molar refractivity (Wildman–Crippen MR) is 69.1 cm³/mol. The summed E-state index contributed by atoms with van der Waals surface area (Å²) in [6.45, 7) is 4.40. The van der Waals surface area contributed by atoms with Crippen LogP contribution in [0.1, 0.15) is 24.0 Å². The van der Waals surface area contributed by atoms with E-state index in [1.807, 2.05) is 7.05 Å². The monoisotopic (exact) mass is 216 g/mol. The number of nitrogens with zero attached hydrogens (tertiary/aromatic N) is 1. The molecule has 0 saturated heterocycles. The summed E-state index contributed by atoms with van der Waals surface area (Å²) in [4.78, 5) is 2.11. The Hall–Kier alpha value is -1.30. The minimum absolute atomic E-state index is 0.428. The van der Waals surface area contributed by atoms with Crippen molar-refractivity contribution in [2.24, 2.45) is 5.73 Å². The molecule has 0 aliphatic heterocycles. The summed E-state index contributed by atoms with van der Waals surface area (Å²) in [6, 6.07) is 8.59. The molecule has 0 aromatic heterocycles. The summed E-state index contributed by atoms with van der Waals surface area (Å²) in [5.41, 5.74) is 8.21. The molecule has 0 saturated carbocycles. The molecule has 1 unspecified atom stereocenters. The van der Waals surface area contributed by atoms with E-state index in [4.69, 9.17) is 12.2 Å². The first-order valence-electron chi connectivity index (χ1n) is 5.58. The molecule has 2 heteroatoms. The van der Waals surface area contributed by atoms with Crippen molar-refractivity contribution in [2.45, 2.75) is 19.4 Å². The largest absolute Gasteiger partial charge is 0.330 e. The van der Waals surface area contributed by atoms with Crippen molar-refractivity contribution in [1.82, 2.24) is 4.90 Å². The maximum absolute atomic E-state index is 5.63. The Bertz CT molecular complexity index is 348. The Morgan fingerprint density at radius 1 is 1.38 bits per heavy atom. The molecular weight excluding hydrogens is 196 g/mol. The molecular formula is C14H20N2. The number of rotatable bonds is 5. The highest BCUT2D eigenvalue weighted by atomic mass is 15.1. The van der Waals surface area contributed by atoms with Crippen molar-refractivity contribution in [3.63, 3.8) is 0 Å². The molecule has 2 N–H and O–H groups in total. The van der Waals surface area contributed by atoms with Gasteiger partial charge < -0.3 is 5.73 Å². The Kier molecular flexibility index (Phi) is 5.04. The summed E-state index contributed by atoms with van der Waals surface area (Å²) in [7, 11) is 2.02. The van der Waals surface area contributed by atoms with Gasteiger partial charge in [0.05, 0.1) is 6.54 Å². The minimum Gasteiger partial charge on any atom is -0.330 e. The molecule has 0 aliphatic carbocycles. The van der Waals surface area contributed by atoms with Gasteiger partial charge in [-0.1, -0.05) is 37.1 Å². The average molecular weight is 216 g/mol. The van der Waals surface area contributed by atoms with Crippen LogP contribution in [0.15, 0.2) is 24.3 Å². The highest BCUT2D eigenvalue weighted by Gasteiger charge is 2.03. The number of terminal acetylenes is 1. The summed E-state index contributed by atoms with van der Waals surface area (Å²) in [5, 5.41) is 0. The molecule has 0 bridgehead atoms. The molecule has 2 nitrogen and oxygen atoms in total. The molecule has 16 heavy (non-hydrogen) atoms. The van der Waals surface area contributed by atoms with E-state index in [-0.39, 0.29) is 0 Å². The molecule has 86 valence electrons. The Labute approximate surface area is 98.4 Å². The van der Waals surface area contributed by atoms with Crippen molar-refractivity contribution in [3.8, 4) is 12.3 Å². The molecule has 0 radical (unpaired) electrons. The fourth-order valence-corrected chi connectivity index (χ4v) is 1.61. The summed E-state index contributed by atoms with van der Waals surface area (Å²) >= 11 is 0. The molecule has 1 aromatic carbocycles. The second-order valence-electron chi connectivity index (χ2n) is 4.25. The molecule has 0 aliphatic rings. The maximum atomic E-state index is 5.63. The highest BCUT2D eigenvalue weighted by Crippen LogP contribution is 2.15. The van der Waals surface area contributed by atoms with E-state index in [2.05, 4.69) is 42.0 Å². The highest BCUT2D eigenvalue weighted by molar-refractivity contribution is 5.25. The van der Waals surface area contributed by atoms with Gasteiger partial charge in [-0.25, -0.2) is 0 Å². The van der Waals surface area contributed by atoms with Crippen LogP contribution in [0.4, 0.5) is 0 Å². The summed E-state index contributed by atoms with van der Waals surface area (Å²) in [6.07, 6.45) is 5.26. The van der Waals surface area contributed by atoms with Crippen LogP contribution in [0.3, 0.4) is 0 Å². The predicted octanol–water partition coefficient (Wildman–Crippen LogP) is 1.81. The number of benzene rings is 1. The van der Waals surface area contributed by atoms with Gasteiger partial charge in [-0.15, -0.1) is 6.42 Å². The van der Waals surface area contributed by atoms with Gasteiger partial charge >= 0.3 is 0 Å². The van der Waals surface area contributed by atoms with Crippen LogP contribution in [0, 0.1) is 12.3 Å². The third-order valence-corrected chi connectivity index (χ3v) is 2.72. The van der Waals surface area contributed by atoms with E-state index in [0.717, 1.165) is 6.54 Å². The lowest BCUT2D eigenvalue weighted by atomic mass is 10.00. The summed E-state index contributed by atoms with van der Waals surface area (Å²) in [5.74, 6) is 3.06. The van der Waals surface area contributed by atoms with Crippen LogP contribution in [-0.4, -0.2) is 25.0 Å². The van der Waals surface area contributed by atoms with E-state index >= 15 is 0 Å². The van der Waals surface area contributed by atoms with E-state index in [1.165, 1.54) is 11.1 Å². The van der Waals surface area contributed by atoms with E-state index in [1.54, 1.807) is 0 Å². The zero-order chi connectivity index (χ0) is 12.0. The second kappa shape index (κ2) is 6.32. The third kappa shape index (κ3) is 3.69.